The van der Waals surface area contributed by atoms with Crippen molar-refractivity contribution in [1.29, 1.82) is 0 Å². The van der Waals surface area contributed by atoms with Gasteiger partial charge < -0.3 is 10.1 Å². The maximum Gasteiger partial charge on any atom is 0.311 e. The monoisotopic (exact) mass is 350 g/mol. The van der Waals surface area contributed by atoms with Gasteiger partial charge in [0.25, 0.3) is 0 Å². The second kappa shape index (κ2) is 6.16. The van der Waals surface area contributed by atoms with Crippen molar-refractivity contribution in [2.75, 3.05) is 12.4 Å². The molecule has 0 aromatic heterocycles. The summed E-state index contributed by atoms with van der Waals surface area (Å²) in [6, 6.07) is 9.64. The molecule has 1 aliphatic heterocycles. The van der Waals surface area contributed by atoms with Crippen molar-refractivity contribution in [2.24, 2.45) is 5.92 Å². The normalized spacial score (nSPS) is 23.1. The Kier molecular flexibility index (Phi) is 3.94. The lowest BCUT2D eigenvalue weighted by Crippen LogP contribution is -2.30. The van der Waals surface area contributed by atoms with E-state index in [9.17, 15) is 10.1 Å². The highest BCUT2D eigenvalue weighted by atomic mass is 16.6. The van der Waals surface area contributed by atoms with E-state index >= 15 is 0 Å². The first-order chi connectivity index (χ1) is 12.5. The van der Waals surface area contributed by atoms with E-state index in [2.05, 4.69) is 43.4 Å². The first-order valence-corrected chi connectivity index (χ1v) is 8.87. The molecule has 4 rings (SSSR count). The van der Waals surface area contributed by atoms with Gasteiger partial charge in [0, 0.05) is 17.7 Å². The second-order valence-electron chi connectivity index (χ2n) is 7.15. The third-order valence-electron chi connectivity index (χ3n) is 5.70. The SMILES string of the molecule is COc1ccc([C@@H]2Nc3c(C)ccc(C)c3[C@@H]3C=CC[C@@H]32)cc1[N+](=O)[O-]. The molecule has 0 fully saturated rings. The summed E-state index contributed by atoms with van der Waals surface area (Å²) in [5, 5.41) is 15.1. The summed E-state index contributed by atoms with van der Waals surface area (Å²) in [6.07, 6.45) is 5.50. The van der Waals surface area contributed by atoms with Gasteiger partial charge in [0.15, 0.2) is 5.75 Å². The van der Waals surface area contributed by atoms with Gasteiger partial charge in [-0.1, -0.05) is 30.4 Å². The van der Waals surface area contributed by atoms with Gasteiger partial charge in [0.2, 0.25) is 0 Å². The zero-order chi connectivity index (χ0) is 18.4. The number of nitro benzene ring substituents is 1. The summed E-state index contributed by atoms with van der Waals surface area (Å²) in [5.41, 5.74) is 5.98. The summed E-state index contributed by atoms with van der Waals surface area (Å²) in [6.45, 7) is 4.26. The van der Waals surface area contributed by atoms with Gasteiger partial charge in [-0.25, -0.2) is 0 Å². The van der Waals surface area contributed by atoms with Crippen LogP contribution in [0.3, 0.4) is 0 Å². The van der Waals surface area contributed by atoms with Crippen LogP contribution in [0.4, 0.5) is 11.4 Å². The number of nitro groups is 1. The smallest absolute Gasteiger partial charge is 0.311 e. The van der Waals surface area contributed by atoms with Gasteiger partial charge >= 0.3 is 5.69 Å². The number of hydrogen-bond donors (Lipinski definition) is 1. The minimum Gasteiger partial charge on any atom is -0.490 e. The minimum atomic E-state index is -0.376. The van der Waals surface area contributed by atoms with Crippen molar-refractivity contribution in [3.8, 4) is 5.75 Å². The van der Waals surface area contributed by atoms with E-state index in [1.807, 2.05) is 6.07 Å². The lowest BCUT2D eigenvalue weighted by molar-refractivity contribution is -0.385. The number of nitrogens with zero attached hydrogens (tertiary/aromatic N) is 1. The molecule has 3 atom stereocenters. The lowest BCUT2D eigenvalue weighted by Gasteiger charge is -2.39. The molecule has 0 amide bonds. The van der Waals surface area contributed by atoms with E-state index in [-0.39, 0.29) is 16.7 Å². The Labute approximate surface area is 152 Å². The van der Waals surface area contributed by atoms with Crippen LogP contribution >= 0.6 is 0 Å². The number of anilines is 1. The zero-order valence-corrected chi connectivity index (χ0v) is 15.2. The van der Waals surface area contributed by atoms with Gasteiger partial charge in [-0.15, -0.1) is 0 Å². The fraction of sp³-hybridized carbons (Fsp3) is 0.333. The Morgan fingerprint density at radius 2 is 1.96 bits per heavy atom. The summed E-state index contributed by atoms with van der Waals surface area (Å²) in [7, 11) is 1.46. The molecule has 2 aromatic rings. The Morgan fingerprint density at radius 3 is 2.69 bits per heavy atom. The molecule has 0 bridgehead atoms. The molecule has 5 heteroatoms. The molecule has 1 heterocycles. The number of hydrogen-bond acceptors (Lipinski definition) is 4. The van der Waals surface area contributed by atoms with Crippen molar-refractivity contribution in [3.63, 3.8) is 0 Å². The maximum atomic E-state index is 11.4. The molecule has 0 saturated heterocycles. The van der Waals surface area contributed by atoms with Crippen LogP contribution in [-0.4, -0.2) is 12.0 Å². The summed E-state index contributed by atoms with van der Waals surface area (Å²) < 4.78 is 5.15. The standard InChI is InChI=1S/C21H22N2O3/c1-12-7-8-13(2)20-19(12)15-5-4-6-16(15)21(22-20)14-9-10-18(26-3)17(11-14)23(24)25/h4-5,7-11,15-16,21-22H,6H2,1-3H3/t15-,16+,21+/m1/s1. The Balaban J connectivity index is 1.83. The van der Waals surface area contributed by atoms with Crippen LogP contribution in [0.2, 0.25) is 0 Å². The quantitative estimate of drug-likeness (QED) is 0.478. The highest BCUT2D eigenvalue weighted by Gasteiger charge is 2.39. The molecule has 0 saturated carbocycles. The van der Waals surface area contributed by atoms with E-state index in [4.69, 9.17) is 4.74 Å². The van der Waals surface area contributed by atoms with E-state index in [0.29, 0.717) is 17.6 Å². The molecule has 2 aromatic carbocycles. The average molecular weight is 350 g/mol. The van der Waals surface area contributed by atoms with Crippen LogP contribution < -0.4 is 10.1 Å². The number of fused-ring (bicyclic) bond motifs is 3. The van der Waals surface area contributed by atoms with E-state index in [1.54, 1.807) is 12.1 Å². The van der Waals surface area contributed by atoms with Crippen LogP contribution in [0.1, 0.15) is 40.6 Å². The number of aryl methyl sites for hydroxylation is 2. The molecular weight excluding hydrogens is 328 g/mol. The summed E-state index contributed by atoms with van der Waals surface area (Å²) in [5.74, 6) is 0.997. The number of rotatable bonds is 3. The van der Waals surface area contributed by atoms with Gasteiger partial charge in [-0.05, 0) is 54.5 Å². The van der Waals surface area contributed by atoms with Crippen LogP contribution in [0.5, 0.6) is 5.75 Å². The van der Waals surface area contributed by atoms with Gasteiger partial charge in [0.1, 0.15) is 0 Å². The highest BCUT2D eigenvalue weighted by Crippen LogP contribution is 2.52. The largest absolute Gasteiger partial charge is 0.490 e. The second-order valence-corrected chi connectivity index (χ2v) is 7.15. The predicted octanol–water partition coefficient (Wildman–Crippen LogP) is 5.05. The molecular formula is C21H22N2O3. The summed E-state index contributed by atoms with van der Waals surface area (Å²) >= 11 is 0. The van der Waals surface area contributed by atoms with E-state index in [1.165, 1.54) is 29.5 Å². The molecule has 5 nitrogen and oxygen atoms in total. The fourth-order valence-corrected chi connectivity index (χ4v) is 4.42. The molecule has 134 valence electrons. The molecule has 2 aliphatic rings. The molecule has 1 aliphatic carbocycles. The molecule has 26 heavy (non-hydrogen) atoms. The van der Waals surface area contributed by atoms with Crippen LogP contribution in [0, 0.1) is 29.9 Å². The number of nitrogens with one attached hydrogen (secondary N) is 1. The van der Waals surface area contributed by atoms with Crippen molar-refractivity contribution >= 4 is 11.4 Å². The Morgan fingerprint density at radius 1 is 1.19 bits per heavy atom. The number of ether oxygens (including phenoxy) is 1. The third kappa shape index (κ3) is 2.46. The number of benzene rings is 2. The van der Waals surface area contributed by atoms with Crippen LogP contribution in [0.25, 0.3) is 0 Å². The molecule has 1 N–H and O–H groups in total. The maximum absolute atomic E-state index is 11.4. The minimum absolute atomic E-state index is 0.0149. The van der Waals surface area contributed by atoms with Gasteiger partial charge in [0.05, 0.1) is 18.1 Å². The zero-order valence-electron chi connectivity index (χ0n) is 15.2. The van der Waals surface area contributed by atoms with E-state index < -0.39 is 0 Å². The molecule has 0 radical (unpaired) electrons. The number of allylic oxidation sites excluding steroid dienone is 2. The highest BCUT2D eigenvalue weighted by molar-refractivity contribution is 5.66. The molecule has 0 unspecified atom stereocenters. The Hall–Kier alpha value is -2.82. The predicted molar refractivity (Wildman–Crippen MR) is 102 cm³/mol. The topological polar surface area (TPSA) is 64.4 Å². The van der Waals surface area contributed by atoms with Gasteiger partial charge in [-0.2, -0.15) is 0 Å². The summed E-state index contributed by atoms with van der Waals surface area (Å²) in [4.78, 5) is 11.1. The number of methoxy groups -OCH3 is 1. The van der Waals surface area contributed by atoms with Crippen molar-refractivity contribution < 1.29 is 9.66 Å². The lowest BCUT2D eigenvalue weighted by atomic mass is 9.75. The van der Waals surface area contributed by atoms with E-state index in [0.717, 1.165) is 12.0 Å². The first-order valence-electron chi connectivity index (χ1n) is 8.87. The first kappa shape index (κ1) is 16.6. The van der Waals surface area contributed by atoms with Gasteiger partial charge in [-0.3, -0.25) is 10.1 Å². The van der Waals surface area contributed by atoms with Crippen LogP contribution in [-0.2, 0) is 0 Å². The third-order valence-corrected chi connectivity index (χ3v) is 5.70. The van der Waals surface area contributed by atoms with Crippen molar-refractivity contribution in [2.45, 2.75) is 32.2 Å². The average Bonchev–Trinajstić information content (AvgIpc) is 3.13. The Bertz CT molecular complexity index is 920. The van der Waals surface area contributed by atoms with Crippen molar-refractivity contribution in [1.82, 2.24) is 0 Å². The molecule has 0 spiro atoms. The van der Waals surface area contributed by atoms with Crippen molar-refractivity contribution in [3.05, 3.63) is 74.9 Å². The fourth-order valence-electron chi connectivity index (χ4n) is 4.42. The van der Waals surface area contributed by atoms with Crippen LogP contribution in [0.15, 0.2) is 42.5 Å².